The Morgan fingerprint density at radius 2 is 1.90 bits per heavy atom. The number of nitrogens with two attached hydrogens (primary N) is 1. The number of nitrogens with zero attached hydrogens (tertiary/aromatic N) is 1. The average Bonchev–Trinajstić information content (AvgIpc) is 3.07. The van der Waals surface area contributed by atoms with Gasteiger partial charge in [0.05, 0.1) is 11.8 Å². The second kappa shape index (κ2) is 6.53. The van der Waals surface area contributed by atoms with Gasteiger partial charge in [-0.05, 0) is 43.9 Å². The lowest BCUT2D eigenvalue weighted by molar-refractivity contribution is -0.141. The number of fused-ring (bicyclic) bond motifs is 2. The molecule has 2 bridgehead atoms. The van der Waals surface area contributed by atoms with Crippen LogP contribution in [0.15, 0.2) is 0 Å². The van der Waals surface area contributed by atoms with E-state index in [0.717, 1.165) is 32.2 Å². The monoisotopic (exact) mass is 315 g/mol. The first-order valence-electron chi connectivity index (χ1n) is 7.87. The van der Waals surface area contributed by atoms with Crippen molar-refractivity contribution in [2.24, 2.45) is 29.4 Å². The van der Waals surface area contributed by atoms with Gasteiger partial charge in [-0.25, -0.2) is 0 Å². The first kappa shape index (κ1) is 16.6. The molecule has 5 nitrogen and oxygen atoms in total. The van der Waals surface area contributed by atoms with E-state index in [9.17, 15) is 9.59 Å². The Balaban J connectivity index is 0.00000161. The molecule has 0 aromatic rings. The lowest BCUT2D eigenvalue weighted by Crippen LogP contribution is -2.51. The largest absolute Gasteiger partial charge is 0.359 e. The fourth-order valence-electron chi connectivity index (χ4n) is 4.51. The Hall–Kier alpha value is -0.810. The molecule has 1 heterocycles. The van der Waals surface area contributed by atoms with Crippen molar-refractivity contribution < 1.29 is 9.59 Å². The highest BCUT2D eigenvalue weighted by atomic mass is 35.5. The van der Waals surface area contributed by atoms with E-state index in [4.69, 9.17) is 5.73 Å². The molecule has 0 aromatic carbocycles. The Morgan fingerprint density at radius 1 is 1.19 bits per heavy atom. The molecule has 3 fully saturated rings. The van der Waals surface area contributed by atoms with Gasteiger partial charge >= 0.3 is 0 Å². The minimum Gasteiger partial charge on any atom is -0.359 e. The minimum absolute atomic E-state index is 0. The zero-order valence-electron chi connectivity index (χ0n) is 12.6. The van der Waals surface area contributed by atoms with E-state index in [1.165, 1.54) is 6.42 Å². The number of carbonyl (C=O) groups is 2. The number of rotatable bonds is 2. The van der Waals surface area contributed by atoms with E-state index in [1.54, 1.807) is 7.05 Å². The Kier molecular flexibility index (Phi) is 5.15. The normalized spacial score (nSPS) is 38.0. The highest BCUT2D eigenvalue weighted by Gasteiger charge is 2.50. The van der Waals surface area contributed by atoms with Crippen molar-refractivity contribution in [2.75, 3.05) is 20.1 Å². The second-order valence-corrected chi connectivity index (χ2v) is 6.67. The highest BCUT2D eigenvalue weighted by molar-refractivity contribution is 5.85. The zero-order valence-corrected chi connectivity index (χ0v) is 13.4. The van der Waals surface area contributed by atoms with E-state index in [2.05, 4.69) is 5.32 Å². The molecule has 5 atom stereocenters. The van der Waals surface area contributed by atoms with Gasteiger partial charge in [-0.2, -0.15) is 0 Å². The van der Waals surface area contributed by atoms with Crippen molar-refractivity contribution in [1.82, 2.24) is 10.2 Å². The maximum atomic E-state index is 12.8. The molecule has 0 spiro atoms. The fourth-order valence-corrected chi connectivity index (χ4v) is 4.51. The van der Waals surface area contributed by atoms with Crippen LogP contribution in [0.4, 0.5) is 0 Å². The van der Waals surface area contributed by atoms with Crippen LogP contribution in [0, 0.1) is 23.7 Å². The van der Waals surface area contributed by atoms with Crippen molar-refractivity contribution >= 4 is 24.2 Å². The van der Waals surface area contributed by atoms with Gasteiger partial charge in [-0.15, -0.1) is 12.4 Å². The molecular weight excluding hydrogens is 290 g/mol. The van der Waals surface area contributed by atoms with Gasteiger partial charge in [0.1, 0.15) is 0 Å². The van der Waals surface area contributed by atoms with Crippen molar-refractivity contribution in [3.8, 4) is 0 Å². The van der Waals surface area contributed by atoms with Crippen LogP contribution in [0.2, 0.25) is 0 Å². The van der Waals surface area contributed by atoms with Gasteiger partial charge in [0, 0.05) is 26.2 Å². The SMILES string of the molecule is CNC(=O)C1CCCN(C(=O)C2C3CCC(C3)C2N)C1.Cl. The summed E-state index contributed by atoms with van der Waals surface area (Å²) in [5.41, 5.74) is 6.27. The van der Waals surface area contributed by atoms with Gasteiger partial charge in [-0.1, -0.05) is 0 Å². The maximum absolute atomic E-state index is 12.8. The van der Waals surface area contributed by atoms with Crippen LogP contribution in [0.3, 0.4) is 0 Å². The number of carbonyl (C=O) groups excluding carboxylic acids is 2. The summed E-state index contributed by atoms with van der Waals surface area (Å²) in [5, 5.41) is 2.70. The van der Waals surface area contributed by atoms with Crippen LogP contribution in [0.25, 0.3) is 0 Å². The summed E-state index contributed by atoms with van der Waals surface area (Å²) in [6.45, 7) is 1.35. The summed E-state index contributed by atoms with van der Waals surface area (Å²) in [6.07, 6.45) is 5.27. The highest BCUT2D eigenvalue weighted by Crippen LogP contribution is 2.48. The molecule has 6 heteroatoms. The summed E-state index contributed by atoms with van der Waals surface area (Å²) < 4.78 is 0. The topological polar surface area (TPSA) is 75.4 Å². The van der Waals surface area contributed by atoms with E-state index >= 15 is 0 Å². The zero-order chi connectivity index (χ0) is 14.3. The summed E-state index contributed by atoms with van der Waals surface area (Å²) in [7, 11) is 1.66. The first-order valence-corrected chi connectivity index (χ1v) is 7.87. The molecule has 0 aromatic heterocycles. The van der Waals surface area contributed by atoms with Gasteiger partial charge in [0.15, 0.2) is 0 Å². The van der Waals surface area contributed by atoms with Gasteiger partial charge < -0.3 is 16.0 Å². The number of hydrogen-bond acceptors (Lipinski definition) is 3. The summed E-state index contributed by atoms with van der Waals surface area (Å²) >= 11 is 0. The molecule has 3 aliphatic rings. The molecule has 0 radical (unpaired) electrons. The van der Waals surface area contributed by atoms with E-state index in [-0.39, 0.29) is 42.1 Å². The van der Waals surface area contributed by atoms with Crippen molar-refractivity contribution in [3.63, 3.8) is 0 Å². The third kappa shape index (κ3) is 2.90. The standard InChI is InChI=1S/C15H25N3O2.ClH/c1-17-14(19)11-3-2-6-18(8-11)15(20)12-9-4-5-10(7-9)13(12)16;/h9-13H,2-8,16H2,1H3,(H,17,19);1H. The molecule has 5 unspecified atom stereocenters. The molecule has 3 N–H and O–H groups in total. The number of nitrogens with one attached hydrogen (secondary N) is 1. The molecular formula is C15H26ClN3O2. The summed E-state index contributed by atoms with van der Waals surface area (Å²) in [5.74, 6) is 1.26. The van der Waals surface area contributed by atoms with Gasteiger partial charge in [0.25, 0.3) is 0 Å². The fraction of sp³-hybridized carbons (Fsp3) is 0.867. The lowest BCUT2D eigenvalue weighted by atomic mass is 9.83. The van der Waals surface area contributed by atoms with Crippen LogP contribution in [0.1, 0.15) is 32.1 Å². The van der Waals surface area contributed by atoms with Crippen molar-refractivity contribution in [2.45, 2.75) is 38.1 Å². The number of halogens is 1. The second-order valence-electron chi connectivity index (χ2n) is 6.67. The predicted molar refractivity (Wildman–Crippen MR) is 82.9 cm³/mol. The van der Waals surface area contributed by atoms with E-state index in [0.29, 0.717) is 18.4 Å². The van der Waals surface area contributed by atoms with Crippen LogP contribution >= 0.6 is 12.4 Å². The van der Waals surface area contributed by atoms with Crippen LogP contribution in [-0.2, 0) is 9.59 Å². The summed E-state index contributed by atoms with van der Waals surface area (Å²) in [6, 6.07) is 0.0432. The van der Waals surface area contributed by atoms with Crippen molar-refractivity contribution in [3.05, 3.63) is 0 Å². The summed E-state index contributed by atoms with van der Waals surface area (Å²) in [4.78, 5) is 26.4. The molecule has 2 aliphatic carbocycles. The molecule has 1 saturated heterocycles. The average molecular weight is 316 g/mol. The first-order chi connectivity index (χ1) is 9.61. The Morgan fingerprint density at radius 3 is 2.52 bits per heavy atom. The third-order valence-electron chi connectivity index (χ3n) is 5.62. The number of piperidine rings is 1. The molecule has 1 aliphatic heterocycles. The minimum atomic E-state index is -0.0486. The third-order valence-corrected chi connectivity index (χ3v) is 5.62. The Labute approximate surface area is 132 Å². The van der Waals surface area contributed by atoms with Gasteiger partial charge in [-0.3, -0.25) is 9.59 Å². The molecule has 2 amide bonds. The maximum Gasteiger partial charge on any atom is 0.227 e. The van der Waals surface area contributed by atoms with Gasteiger partial charge in [0.2, 0.25) is 11.8 Å². The van der Waals surface area contributed by atoms with Crippen LogP contribution in [-0.4, -0.2) is 42.9 Å². The van der Waals surface area contributed by atoms with E-state index in [1.807, 2.05) is 4.90 Å². The van der Waals surface area contributed by atoms with Crippen LogP contribution < -0.4 is 11.1 Å². The molecule has 2 saturated carbocycles. The van der Waals surface area contributed by atoms with Crippen LogP contribution in [0.5, 0.6) is 0 Å². The quantitative estimate of drug-likeness (QED) is 0.790. The lowest BCUT2D eigenvalue weighted by Gasteiger charge is -2.37. The number of amides is 2. The Bertz CT molecular complexity index is 416. The number of hydrogen-bond donors (Lipinski definition) is 2. The smallest absolute Gasteiger partial charge is 0.227 e. The molecule has 21 heavy (non-hydrogen) atoms. The molecule has 3 rings (SSSR count). The predicted octanol–water partition coefficient (Wildman–Crippen LogP) is 0.766. The van der Waals surface area contributed by atoms with Crippen molar-refractivity contribution in [1.29, 1.82) is 0 Å². The number of likely N-dealkylation sites (tertiary alicyclic amines) is 1. The molecule has 120 valence electrons. The van der Waals surface area contributed by atoms with E-state index < -0.39 is 0 Å².